The molecule has 0 radical (unpaired) electrons. The van der Waals surface area contributed by atoms with Gasteiger partial charge in [0.05, 0.1) is 6.54 Å². The van der Waals surface area contributed by atoms with Crippen LogP contribution in [0.2, 0.25) is 0 Å². The van der Waals surface area contributed by atoms with E-state index in [4.69, 9.17) is 4.74 Å². The Kier molecular flexibility index (Phi) is 3.11. The lowest BCUT2D eigenvalue weighted by Gasteiger charge is -2.16. The zero-order chi connectivity index (χ0) is 13.2. The number of para-hydroxylation sites is 1. The molecule has 3 rings (SSSR count). The van der Waals surface area contributed by atoms with Gasteiger partial charge in [-0.3, -0.25) is 9.69 Å². The Labute approximate surface area is 111 Å². The van der Waals surface area contributed by atoms with Crippen LogP contribution in [-0.4, -0.2) is 47.5 Å². The highest BCUT2D eigenvalue weighted by Gasteiger charge is 2.43. The molecule has 100 valence electrons. The summed E-state index contributed by atoms with van der Waals surface area (Å²) >= 11 is 0. The fourth-order valence-corrected chi connectivity index (χ4v) is 2.22. The van der Waals surface area contributed by atoms with Crippen LogP contribution in [0.25, 0.3) is 0 Å². The molecule has 0 aromatic heterocycles. The molecule has 1 saturated carbocycles. The second kappa shape index (κ2) is 4.91. The average molecular weight is 260 g/mol. The van der Waals surface area contributed by atoms with Gasteiger partial charge in [0, 0.05) is 6.04 Å². The first-order valence-electron chi connectivity index (χ1n) is 6.54. The highest BCUT2D eigenvalue weighted by atomic mass is 16.5. The maximum atomic E-state index is 12.0. The molecule has 1 heterocycles. The van der Waals surface area contributed by atoms with Gasteiger partial charge in [0.15, 0.2) is 0 Å². The number of hydrogen-bond acceptors (Lipinski definition) is 3. The molecule has 0 atom stereocenters. The van der Waals surface area contributed by atoms with E-state index < -0.39 is 0 Å². The first-order valence-corrected chi connectivity index (χ1v) is 6.54. The van der Waals surface area contributed by atoms with Crippen LogP contribution in [0.1, 0.15) is 12.8 Å². The smallest absolute Gasteiger partial charge is 0.327 e. The minimum absolute atomic E-state index is 0.117. The summed E-state index contributed by atoms with van der Waals surface area (Å²) in [5.74, 6) is 0.634. The molecular weight excluding hydrogens is 244 g/mol. The average Bonchev–Trinajstić information content (AvgIpc) is 3.22. The van der Waals surface area contributed by atoms with E-state index in [1.165, 1.54) is 4.90 Å². The lowest BCUT2D eigenvalue weighted by atomic mass is 10.3. The van der Waals surface area contributed by atoms with Gasteiger partial charge in [-0.1, -0.05) is 18.2 Å². The van der Waals surface area contributed by atoms with Crippen LogP contribution in [0.15, 0.2) is 30.3 Å². The van der Waals surface area contributed by atoms with Crippen LogP contribution in [0.5, 0.6) is 5.75 Å². The van der Waals surface area contributed by atoms with Gasteiger partial charge in [-0.05, 0) is 25.0 Å². The largest absolute Gasteiger partial charge is 0.492 e. The van der Waals surface area contributed by atoms with Crippen LogP contribution in [-0.2, 0) is 4.79 Å². The van der Waals surface area contributed by atoms with Crippen LogP contribution in [0.4, 0.5) is 4.79 Å². The summed E-state index contributed by atoms with van der Waals surface area (Å²) in [5.41, 5.74) is 0. The van der Waals surface area contributed by atoms with Gasteiger partial charge < -0.3 is 9.64 Å². The molecule has 3 amide bonds. The minimum Gasteiger partial charge on any atom is -0.492 e. The number of imide groups is 1. The Morgan fingerprint density at radius 3 is 2.58 bits per heavy atom. The monoisotopic (exact) mass is 260 g/mol. The first-order chi connectivity index (χ1) is 9.25. The molecular formula is C14H16N2O3. The molecule has 0 N–H and O–H groups in total. The van der Waals surface area contributed by atoms with E-state index in [9.17, 15) is 9.59 Å². The number of rotatable bonds is 5. The number of hydrogen-bond donors (Lipinski definition) is 0. The number of carbonyl (C=O) groups excluding carboxylic acids is 2. The first kappa shape index (κ1) is 12.0. The van der Waals surface area contributed by atoms with E-state index in [0.717, 1.165) is 18.6 Å². The van der Waals surface area contributed by atoms with Gasteiger partial charge in [-0.15, -0.1) is 0 Å². The summed E-state index contributed by atoms with van der Waals surface area (Å²) in [7, 11) is 0. The number of benzene rings is 1. The molecule has 5 heteroatoms. The highest BCUT2D eigenvalue weighted by Crippen LogP contribution is 2.30. The second-order valence-electron chi connectivity index (χ2n) is 4.85. The van der Waals surface area contributed by atoms with Crippen molar-refractivity contribution in [1.82, 2.24) is 9.80 Å². The lowest BCUT2D eigenvalue weighted by Crippen LogP contribution is -2.36. The van der Waals surface area contributed by atoms with Crippen molar-refractivity contribution in [1.29, 1.82) is 0 Å². The van der Waals surface area contributed by atoms with E-state index in [0.29, 0.717) is 13.2 Å². The Morgan fingerprint density at radius 1 is 1.16 bits per heavy atom. The molecule has 2 aliphatic rings. The van der Waals surface area contributed by atoms with Crippen molar-refractivity contribution >= 4 is 11.9 Å². The van der Waals surface area contributed by atoms with Crippen molar-refractivity contribution < 1.29 is 14.3 Å². The molecule has 1 aliphatic heterocycles. The SMILES string of the molecule is O=C1CN(C2CC2)C(=O)N1CCOc1ccccc1. The minimum atomic E-state index is -0.163. The Morgan fingerprint density at radius 2 is 1.89 bits per heavy atom. The topological polar surface area (TPSA) is 49.9 Å². The molecule has 0 spiro atoms. The standard InChI is InChI=1S/C14H16N2O3/c17-13-10-16(11-6-7-11)14(18)15(13)8-9-19-12-4-2-1-3-5-12/h1-5,11H,6-10H2. The summed E-state index contributed by atoms with van der Waals surface area (Å²) < 4.78 is 5.51. The summed E-state index contributed by atoms with van der Waals surface area (Å²) in [5, 5.41) is 0. The number of nitrogens with zero attached hydrogens (tertiary/aromatic N) is 2. The van der Waals surface area contributed by atoms with E-state index in [1.807, 2.05) is 30.3 Å². The van der Waals surface area contributed by atoms with Crippen LogP contribution in [0, 0.1) is 0 Å². The molecule has 1 aliphatic carbocycles. The Hall–Kier alpha value is -2.04. The van der Waals surface area contributed by atoms with Crippen LogP contribution >= 0.6 is 0 Å². The van der Waals surface area contributed by atoms with Crippen molar-refractivity contribution in [2.75, 3.05) is 19.7 Å². The number of ether oxygens (including phenoxy) is 1. The van der Waals surface area contributed by atoms with Crippen LogP contribution < -0.4 is 4.74 Å². The number of amides is 3. The lowest BCUT2D eigenvalue weighted by molar-refractivity contribution is -0.125. The van der Waals surface area contributed by atoms with Gasteiger partial charge >= 0.3 is 6.03 Å². The van der Waals surface area contributed by atoms with E-state index in [1.54, 1.807) is 4.90 Å². The highest BCUT2D eigenvalue weighted by molar-refractivity contribution is 6.02. The molecule has 19 heavy (non-hydrogen) atoms. The third kappa shape index (κ3) is 2.54. The molecule has 5 nitrogen and oxygen atoms in total. The molecule has 0 unspecified atom stereocenters. The van der Waals surface area contributed by atoms with E-state index >= 15 is 0 Å². The fourth-order valence-electron chi connectivity index (χ4n) is 2.22. The maximum absolute atomic E-state index is 12.0. The summed E-state index contributed by atoms with van der Waals surface area (Å²) in [4.78, 5) is 26.8. The normalized spacial score (nSPS) is 19.2. The third-order valence-electron chi connectivity index (χ3n) is 3.40. The molecule has 1 aromatic rings. The number of urea groups is 1. The predicted octanol–water partition coefficient (Wildman–Crippen LogP) is 1.49. The van der Waals surface area contributed by atoms with Crippen molar-refractivity contribution in [2.24, 2.45) is 0 Å². The maximum Gasteiger partial charge on any atom is 0.327 e. The van der Waals surface area contributed by atoms with E-state index in [2.05, 4.69) is 0 Å². The number of carbonyl (C=O) groups is 2. The van der Waals surface area contributed by atoms with Gasteiger partial charge in [-0.2, -0.15) is 0 Å². The van der Waals surface area contributed by atoms with Crippen molar-refractivity contribution in [2.45, 2.75) is 18.9 Å². The second-order valence-corrected chi connectivity index (χ2v) is 4.85. The van der Waals surface area contributed by atoms with Crippen molar-refractivity contribution in [3.63, 3.8) is 0 Å². The van der Waals surface area contributed by atoms with Gasteiger partial charge in [0.1, 0.15) is 18.9 Å². The zero-order valence-corrected chi connectivity index (χ0v) is 10.6. The van der Waals surface area contributed by atoms with Gasteiger partial charge in [0.25, 0.3) is 0 Å². The van der Waals surface area contributed by atoms with Crippen LogP contribution in [0.3, 0.4) is 0 Å². The summed E-state index contributed by atoms with van der Waals surface area (Å²) in [6, 6.07) is 9.51. The predicted molar refractivity (Wildman–Crippen MR) is 68.8 cm³/mol. The van der Waals surface area contributed by atoms with Gasteiger partial charge in [0.2, 0.25) is 5.91 Å². The Bertz CT molecular complexity index is 485. The molecule has 1 aromatic carbocycles. The molecule has 1 saturated heterocycles. The van der Waals surface area contributed by atoms with Crippen molar-refractivity contribution in [3.8, 4) is 5.75 Å². The fraction of sp³-hybridized carbons (Fsp3) is 0.429. The zero-order valence-electron chi connectivity index (χ0n) is 10.6. The summed E-state index contributed by atoms with van der Waals surface area (Å²) in [6.45, 7) is 0.880. The molecule has 2 fully saturated rings. The van der Waals surface area contributed by atoms with Gasteiger partial charge in [-0.25, -0.2) is 4.79 Å². The Balaban J connectivity index is 1.52. The van der Waals surface area contributed by atoms with Crippen molar-refractivity contribution in [3.05, 3.63) is 30.3 Å². The van der Waals surface area contributed by atoms with E-state index in [-0.39, 0.29) is 24.5 Å². The summed E-state index contributed by atoms with van der Waals surface area (Å²) in [6.07, 6.45) is 2.04. The quantitative estimate of drug-likeness (QED) is 0.754. The molecule has 0 bridgehead atoms. The third-order valence-corrected chi connectivity index (χ3v) is 3.40.